The molecule has 0 aliphatic carbocycles. The number of hydrogen-bond acceptors (Lipinski definition) is 5. The van der Waals surface area contributed by atoms with Crippen LogP contribution in [-0.4, -0.2) is 35.3 Å². The molecule has 0 saturated heterocycles. The van der Waals surface area contributed by atoms with Crippen LogP contribution < -0.4 is 10.1 Å². The molecule has 7 heteroatoms. The number of carbonyl (C=O) groups is 1. The Hall–Kier alpha value is -3.81. The summed E-state index contributed by atoms with van der Waals surface area (Å²) in [5, 5.41) is 2.96. The minimum Gasteiger partial charge on any atom is -0.491 e. The number of carbonyl (C=O) groups excluding carboxylic acids is 1. The van der Waals surface area contributed by atoms with Gasteiger partial charge >= 0.3 is 0 Å². The Kier molecular flexibility index (Phi) is 12.3. The average Bonchev–Trinajstić information content (AvgIpc) is 3.45. The van der Waals surface area contributed by atoms with E-state index in [-0.39, 0.29) is 5.91 Å². The minimum absolute atomic E-state index is 0.165. The Balaban J connectivity index is 1.28. The quantitative estimate of drug-likeness (QED) is 0.0815. The first kappa shape index (κ1) is 31.1. The molecule has 0 aliphatic heterocycles. The monoisotopic (exact) mass is 583 g/mol. The van der Waals surface area contributed by atoms with E-state index in [1.807, 2.05) is 55.0 Å². The molecule has 0 radical (unpaired) electrons. The molecule has 3 aromatic carbocycles. The van der Waals surface area contributed by atoms with E-state index in [2.05, 4.69) is 66.0 Å². The predicted molar refractivity (Wildman–Crippen MR) is 174 cm³/mol. The summed E-state index contributed by atoms with van der Waals surface area (Å²) in [5.74, 6) is 1.52. The Labute approximate surface area is 254 Å². The van der Waals surface area contributed by atoms with Crippen LogP contribution in [0.15, 0.2) is 90.2 Å². The molecule has 1 amide bonds. The van der Waals surface area contributed by atoms with E-state index in [0.717, 1.165) is 76.8 Å². The summed E-state index contributed by atoms with van der Waals surface area (Å²) in [6.45, 7) is 9.29. The molecular weight excluding hydrogens is 542 g/mol. The third-order valence-corrected chi connectivity index (χ3v) is 7.67. The number of nitrogens with zero attached hydrogens (tertiary/aromatic N) is 2. The molecule has 1 heterocycles. The fourth-order valence-electron chi connectivity index (χ4n) is 4.44. The third-order valence-electron chi connectivity index (χ3n) is 6.62. The van der Waals surface area contributed by atoms with Crippen LogP contribution in [0.5, 0.6) is 5.75 Å². The summed E-state index contributed by atoms with van der Waals surface area (Å²) in [7, 11) is 0. The van der Waals surface area contributed by atoms with Gasteiger partial charge in [0.15, 0.2) is 0 Å². The zero-order valence-corrected chi connectivity index (χ0v) is 25.7. The van der Waals surface area contributed by atoms with Gasteiger partial charge in [0.25, 0.3) is 0 Å². The third kappa shape index (κ3) is 9.93. The highest BCUT2D eigenvalue weighted by molar-refractivity contribution is 7.98. The van der Waals surface area contributed by atoms with Crippen molar-refractivity contribution >= 4 is 29.4 Å². The van der Waals surface area contributed by atoms with Gasteiger partial charge in [-0.05, 0) is 90.6 Å². The fraction of sp³-hybridized carbons (Fsp3) is 0.314. The fourth-order valence-corrected chi connectivity index (χ4v) is 5.33. The topological polar surface area (TPSA) is 65.4 Å². The highest BCUT2D eigenvalue weighted by Gasteiger charge is 2.05. The number of aromatic nitrogens is 2. The standard InChI is InChI=1S/C35H41N3O3S/c1-4-6-18-40-19-20-41-33-12-8-29(9-13-33)30-22-27(3)21-28(23-30)7-16-35(39)37-31-10-14-34(15-11-31)42-25-32-24-36-26-38(32)17-5-2/h7-16,21-24,26H,4-6,17-20,25H2,1-3H3,(H,37,39)/b16-7+. The number of imidazole rings is 1. The van der Waals surface area contributed by atoms with Crippen LogP contribution >= 0.6 is 11.8 Å². The molecule has 0 fully saturated rings. The maximum absolute atomic E-state index is 12.7. The van der Waals surface area contributed by atoms with Crippen LogP contribution in [0.1, 0.15) is 49.9 Å². The second kappa shape index (κ2) is 16.6. The zero-order chi connectivity index (χ0) is 29.6. The number of benzene rings is 3. The second-order valence-corrected chi connectivity index (χ2v) is 11.2. The first-order chi connectivity index (χ1) is 20.5. The van der Waals surface area contributed by atoms with Crippen molar-refractivity contribution in [2.24, 2.45) is 0 Å². The summed E-state index contributed by atoms with van der Waals surface area (Å²) in [6.07, 6.45) is 10.6. The molecule has 1 N–H and O–H groups in total. The minimum atomic E-state index is -0.165. The van der Waals surface area contributed by atoms with Crippen molar-refractivity contribution < 1.29 is 14.3 Å². The van der Waals surface area contributed by atoms with E-state index in [9.17, 15) is 4.79 Å². The molecule has 42 heavy (non-hydrogen) atoms. The number of ether oxygens (including phenoxy) is 2. The van der Waals surface area contributed by atoms with E-state index in [1.54, 1.807) is 17.8 Å². The molecule has 0 saturated carbocycles. The summed E-state index contributed by atoms with van der Waals surface area (Å²) < 4.78 is 13.6. The smallest absolute Gasteiger partial charge is 0.248 e. The summed E-state index contributed by atoms with van der Waals surface area (Å²) >= 11 is 1.76. The maximum Gasteiger partial charge on any atom is 0.248 e. The molecular formula is C35H41N3O3S. The van der Waals surface area contributed by atoms with E-state index in [4.69, 9.17) is 9.47 Å². The zero-order valence-electron chi connectivity index (χ0n) is 24.8. The number of aryl methyl sites for hydroxylation is 2. The van der Waals surface area contributed by atoms with Gasteiger partial charge in [-0.1, -0.05) is 44.5 Å². The first-order valence-corrected chi connectivity index (χ1v) is 15.7. The Bertz CT molecular complexity index is 1430. The molecule has 0 aliphatic rings. The number of amides is 1. The summed E-state index contributed by atoms with van der Waals surface area (Å²) in [5.41, 5.74) is 6.27. The number of nitrogens with one attached hydrogen (secondary N) is 1. The van der Waals surface area contributed by atoms with Crippen molar-refractivity contribution in [3.63, 3.8) is 0 Å². The van der Waals surface area contributed by atoms with Gasteiger partial charge in [0.1, 0.15) is 12.4 Å². The number of anilines is 1. The second-order valence-electron chi connectivity index (χ2n) is 10.2. The SMILES string of the molecule is CCCCOCCOc1ccc(-c2cc(C)cc(/C=C/C(=O)Nc3ccc(SCc4cncn4CCC)cc3)c2)cc1. The van der Waals surface area contributed by atoms with Crippen LogP contribution in [0.2, 0.25) is 0 Å². The van der Waals surface area contributed by atoms with Crippen LogP contribution in [-0.2, 0) is 21.8 Å². The number of unbranched alkanes of at least 4 members (excludes halogenated alkanes) is 1. The van der Waals surface area contributed by atoms with Gasteiger partial charge in [-0.15, -0.1) is 11.8 Å². The number of hydrogen-bond donors (Lipinski definition) is 1. The molecule has 0 spiro atoms. The van der Waals surface area contributed by atoms with Crippen molar-refractivity contribution in [1.29, 1.82) is 0 Å². The highest BCUT2D eigenvalue weighted by atomic mass is 32.2. The maximum atomic E-state index is 12.7. The highest BCUT2D eigenvalue weighted by Crippen LogP contribution is 2.26. The van der Waals surface area contributed by atoms with Gasteiger partial charge in [-0.3, -0.25) is 4.79 Å². The molecule has 4 aromatic rings. The predicted octanol–water partition coefficient (Wildman–Crippen LogP) is 8.41. The van der Waals surface area contributed by atoms with Crippen molar-refractivity contribution in [2.75, 3.05) is 25.1 Å². The number of thioether (sulfide) groups is 1. The molecule has 4 rings (SSSR count). The van der Waals surface area contributed by atoms with E-state index < -0.39 is 0 Å². The lowest BCUT2D eigenvalue weighted by molar-refractivity contribution is -0.111. The van der Waals surface area contributed by atoms with Crippen molar-refractivity contribution in [1.82, 2.24) is 9.55 Å². The average molecular weight is 584 g/mol. The van der Waals surface area contributed by atoms with Gasteiger partial charge in [0, 0.05) is 47.5 Å². The Morgan fingerprint density at radius 1 is 0.952 bits per heavy atom. The van der Waals surface area contributed by atoms with E-state index in [0.29, 0.717) is 13.2 Å². The summed E-state index contributed by atoms with van der Waals surface area (Å²) in [4.78, 5) is 18.1. The lowest BCUT2D eigenvalue weighted by Gasteiger charge is -2.09. The summed E-state index contributed by atoms with van der Waals surface area (Å²) in [6, 6.07) is 22.3. The molecule has 6 nitrogen and oxygen atoms in total. The van der Waals surface area contributed by atoms with Gasteiger partial charge in [0.2, 0.25) is 5.91 Å². The van der Waals surface area contributed by atoms with Crippen LogP contribution in [0, 0.1) is 6.92 Å². The van der Waals surface area contributed by atoms with Crippen molar-refractivity contribution in [3.05, 3.63) is 102 Å². The first-order valence-electron chi connectivity index (χ1n) is 14.7. The van der Waals surface area contributed by atoms with Gasteiger partial charge in [-0.25, -0.2) is 4.98 Å². The van der Waals surface area contributed by atoms with Crippen molar-refractivity contribution in [2.45, 2.75) is 57.2 Å². The molecule has 0 atom stereocenters. The lowest BCUT2D eigenvalue weighted by atomic mass is 10.00. The Morgan fingerprint density at radius 3 is 2.52 bits per heavy atom. The van der Waals surface area contributed by atoms with E-state index >= 15 is 0 Å². The van der Waals surface area contributed by atoms with Crippen LogP contribution in [0.3, 0.4) is 0 Å². The number of rotatable bonds is 16. The van der Waals surface area contributed by atoms with Crippen LogP contribution in [0.25, 0.3) is 17.2 Å². The lowest BCUT2D eigenvalue weighted by Crippen LogP contribution is -2.07. The largest absolute Gasteiger partial charge is 0.491 e. The van der Waals surface area contributed by atoms with Gasteiger partial charge in [-0.2, -0.15) is 0 Å². The molecule has 220 valence electrons. The Morgan fingerprint density at radius 2 is 1.76 bits per heavy atom. The molecule has 0 bridgehead atoms. The van der Waals surface area contributed by atoms with Crippen molar-refractivity contribution in [3.8, 4) is 16.9 Å². The van der Waals surface area contributed by atoms with Crippen LogP contribution in [0.4, 0.5) is 5.69 Å². The normalized spacial score (nSPS) is 11.2. The van der Waals surface area contributed by atoms with Gasteiger partial charge in [0.05, 0.1) is 12.9 Å². The molecule has 1 aromatic heterocycles. The van der Waals surface area contributed by atoms with E-state index in [1.165, 1.54) is 5.69 Å². The van der Waals surface area contributed by atoms with Gasteiger partial charge < -0.3 is 19.4 Å². The molecule has 0 unspecified atom stereocenters.